The first-order chi connectivity index (χ1) is 13.9. The highest BCUT2D eigenvalue weighted by molar-refractivity contribution is 5.85. The number of halogens is 1. The summed E-state index contributed by atoms with van der Waals surface area (Å²) in [7, 11) is 0. The van der Waals surface area contributed by atoms with Crippen LogP contribution in [-0.4, -0.2) is 61.0 Å². The number of carbonyl (C=O) groups is 1. The van der Waals surface area contributed by atoms with Crippen LogP contribution in [0.3, 0.4) is 0 Å². The minimum absolute atomic E-state index is 0.0733. The second-order valence-corrected chi connectivity index (χ2v) is 10.8. The molecule has 29 heavy (non-hydrogen) atoms. The molecule has 4 aliphatic heterocycles. The van der Waals surface area contributed by atoms with Crippen LogP contribution < -0.4 is 21.4 Å². The van der Waals surface area contributed by atoms with Crippen LogP contribution in [-0.2, 0) is 4.79 Å². The SMILES string of the molecule is CC1(C)C(=O)NC2NCCC(C3NN(CC4(F)CCCNC4)C4CCCCC34)C21. The van der Waals surface area contributed by atoms with E-state index in [1.807, 2.05) is 0 Å². The van der Waals surface area contributed by atoms with Crippen molar-refractivity contribution in [3.05, 3.63) is 0 Å². The summed E-state index contributed by atoms with van der Waals surface area (Å²) in [6.07, 6.45) is 7.63. The molecule has 5 rings (SSSR count). The van der Waals surface area contributed by atoms with Gasteiger partial charge in [0.05, 0.1) is 6.17 Å². The first-order valence-electron chi connectivity index (χ1n) is 11.9. The fourth-order valence-corrected chi connectivity index (χ4v) is 7.21. The highest BCUT2D eigenvalue weighted by Gasteiger charge is 2.58. The first-order valence-corrected chi connectivity index (χ1v) is 11.9. The molecule has 4 N–H and O–H groups in total. The molecule has 0 aromatic rings. The molecular weight excluding hydrogens is 369 g/mol. The molecule has 0 bridgehead atoms. The molecule has 1 amide bonds. The number of hydrogen-bond acceptors (Lipinski definition) is 5. The summed E-state index contributed by atoms with van der Waals surface area (Å²) in [5, 5.41) is 12.3. The maximum Gasteiger partial charge on any atom is 0.227 e. The van der Waals surface area contributed by atoms with Crippen molar-refractivity contribution < 1.29 is 9.18 Å². The molecule has 5 fully saturated rings. The Hall–Kier alpha value is -0.760. The summed E-state index contributed by atoms with van der Waals surface area (Å²) < 4.78 is 15.5. The Kier molecular flexibility index (Phi) is 5.17. The van der Waals surface area contributed by atoms with Gasteiger partial charge in [0, 0.05) is 36.5 Å². The number of carbonyl (C=O) groups excluding carboxylic acids is 1. The summed E-state index contributed by atoms with van der Waals surface area (Å²) in [5.41, 5.74) is 2.34. The van der Waals surface area contributed by atoms with Crippen molar-refractivity contribution in [2.75, 3.05) is 26.2 Å². The predicted molar refractivity (Wildman–Crippen MR) is 111 cm³/mol. The van der Waals surface area contributed by atoms with Gasteiger partial charge >= 0.3 is 0 Å². The molecule has 4 saturated heterocycles. The lowest BCUT2D eigenvalue weighted by Gasteiger charge is -2.44. The lowest BCUT2D eigenvalue weighted by Crippen LogP contribution is -2.57. The molecule has 4 heterocycles. The quantitative estimate of drug-likeness (QED) is 0.571. The van der Waals surface area contributed by atoms with Crippen LogP contribution in [0.4, 0.5) is 4.39 Å². The predicted octanol–water partition coefficient (Wildman–Crippen LogP) is 1.53. The number of nitrogens with one attached hydrogen (secondary N) is 4. The van der Waals surface area contributed by atoms with Crippen molar-refractivity contribution in [1.82, 2.24) is 26.4 Å². The minimum atomic E-state index is -1.14. The molecular formula is C22H38FN5O. The molecule has 6 nitrogen and oxygen atoms in total. The number of piperidine rings is 2. The summed E-state index contributed by atoms with van der Waals surface area (Å²) in [5.74, 6) is 1.45. The molecule has 7 unspecified atom stereocenters. The number of nitrogens with zero attached hydrogens (tertiary/aromatic N) is 1. The maximum atomic E-state index is 15.5. The second-order valence-electron chi connectivity index (χ2n) is 10.8. The maximum absolute atomic E-state index is 15.5. The third-order valence-corrected chi connectivity index (χ3v) is 8.66. The molecule has 0 aromatic heterocycles. The standard InChI is InChI=1S/C22H38FN5O/c1-21(2)17-15(8-11-25-19(17)26-20(21)29)18-14-6-3-4-7-16(14)28(27-18)13-22(23)9-5-10-24-12-22/h14-19,24-25,27H,3-13H2,1-2H3,(H,26,29). The van der Waals surface area contributed by atoms with Gasteiger partial charge in [-0.05, 0) is 57.0 Å². The van der Waals surface area contributed by atoms with Crippen LogP contribution in [0.15, 0.2) is 0 Å². The van der Waals surface area contributed by atoms with Gasteiger partial charge in [0.2, 0.25) is 5.91 Å². The molecule has 0 aromatic carbocycles. The molecule has 164 valence electrons. The van der Waals surface area contributed by atoms with E-state index in [1.165, 1.54) is 19.3 Å². The average Bonchev–Trinajstić information content (AvgIpc) is 3.17. The third-order valence-electron chi connectivity index (χ3n) is 8.66. The number of rotatable bonds is 3. The summed E-state index contributed by atoms with van der Waals surface area (Å²) in [6, 6.07) is 0.784. The van der Waals surface area contributed by atoms with Crippen LogP contribution in [0.1, 0.15) is 58.8 Å². The fourth-order valence-electron chi connectivity index (χ4n) is 7.21. The lowest BCUT2D eigenvalue weighted by molar-refractivity contribution is -0.127. The van der Waals surface area contributed by atoms with E-state index < -0.39 is 5.67 Å². The van der Waals surface area contributed by atoms with Gasteiger partial charge in [-0.15, -0.1) is 0 Å². The Morgan fingerprint density at radius 1 is 1.10 bits per heavy atom. The Bertz CT molecular complexity index is 637. The number of hydrazine groups is 1. The van der Waals surface area contributed by atoms with Gasteiger partial charge in [-0.3, -0.25) is 15.5 Å². The Balaban J connectivity index is 1.39. The first kappa shape index (κ1) is 20.2. The summed E-state index contributed by atoms with van der Waals surface area (Å²) >= 11 is 0. The van der Waals surface area contributed by atoms with E-state index in [0.29, 0.717) is 43.4 Å². The lowest BCUT2D eigenvalue weighted by atomic mass is 9.64. The van der Waals surface area contributed by atoms with E-state index in [9.17, 15) is 4.79 Å². The van der Waals surface area contributed by atoms with Crippen LogP contribution in [0.25, 0.3) is 0 Å². The largest absolute Gasteiger partial charge is 0.340 e. The highest BCUT2D eigenvalue weighted by Crippen LogP contribution is 2.48. The van der Waals surface area contributed by atoms with Crippen molar-refractivity contribution in [3.63, 3.8) is 0 Å². The van der Waals surface area contributed by atoms with Crippen molar-refractivity contribution in [2.45, 2.75) is 82.7 Å². The Labute approximate surface area is 174 Å². The van der Waals surface area contributed by atoms with E-state index in [1.54, 1.807) is 0 Å². The zero-order valence-electron chi connectivity index (χ0n) is 18.0. The molecule has 0 spiro atoms. The zero-order chi connectivity index (χ0) is 20.2. The smallest absolute Gasteiger partial charge is 0.227 e. The van der Waals surface area contributed by atoms with Crippen molar-refractivity contribution >= 4 is 5.91 Å². The molecule has 5 aliphatic rings. The summed E-state index contributed by atoms with van der Waals surface area (Å²) in [4.78, 5) is 12.6. The third kappa shape index (κ3) is 3.42. The number of alkyl halides is 1. The van der Waals surface area contributed by atoms with Crippen molar-refractivity contribution in [1.29, 1.82) is 0 Å². The van der Waals surface area contributed by atoms with E-state index in [-0.39, 0.29) is 23.4 Å². The molecule has 0 radical (unpaired) electrons. The summed E-state index contributed by atoms with van der Waals surface area (Å²) in [6.45, 7) is 7.02. The van der Waals surface area contributed by atoms with Gasteiger partial charge < -0.3 is 10.6 Å². The van der Waals surface area contributed by atoms with Crippen LogP contribution in [0.2, 0.25) is 0 Å². The van der Waals surface area contributed by atoms with Gasteiger partial charge in [0.25, 0.3) is 0 Å². The number of amides is 1. The Morgan fingerprint density at radius 2 is 1.93 bits per heavy atom. The molecule has 1 aliphatic carbocycles. The van der Waals surface area contributed by atoms with Gasteiger partial charge in [-0.1, -0.05) is 26.7 Å². The van der Waals surface area contributed by atoms with Gasteiger partial charge in [0.1, 0.15) is 5.67 Å². The van der Waals surface area contributed by atoms with Crippen LogP contribution in [0, 0.1) is 23.2 Å². The van der Waals surface area contributed by atoms with Crippen molar-refractivity contribution in [2.24, 2.45) is 23.2 Å². The zero-order valence-corrected chi connectivity index (χ0v) is 18.0. The van der Waals surface area contributed by atoms with Crippen molar-refractivity contribution in [3.8, 4) is 0 Å². The van der Waals surface area contributed by atoms with Gasteiger partial charge in [-0.25, -0.2) is 9.40 Å². The van der Waals surface area contributed by atoms with E-state index in [0.717, 1.165) is 32.4 Å². The number of hydrogen-bond donors (Lipinski definition) is 4. The average molecular weight is 408 g/mol. The van der Waals surface area contributed by atoms with E-state index >= 15 is 4.39 Å². The van der Waals surface area contributed by atoms with E-state index in [2.05, 4.69) is 40.2 Å². The molecule has 7 heteroatoms. The van der Waals surface area contributed by atoms with E-state index in [4.69, 9.17) is 0 Å². The fraction of sp³-hybridized carbons (Fsp3) is 0.955. The Morgan fingerprint density at radius 3 is 2.72 bits per heavy atom. The number of fused-ring (bicyclic) bond motifs is 2. The minimum Gasteiger partial charge on any atom is -0.340 e. The molecule has 7 atom stereocenters. The highest BCUT2D eigenvalue weighted by atomic mass is 19.1. The van der Waals surface area contributed by atoms with Crippen LogP contribution in [0.5, 0.6) is 0 Å². The van der Waals surface area contributed by atoms with Gasteiger partial charge in [0.15, 0.2) is 0 Å². The van der Waals surface area contributed by atoms with Gasteiger partial charge in [-0.2, -0.15) is 0 Å². The normalized spacial score (nSPS) is 47.5. The topological polar surface area (TPSA) is 68.4 Å². The monoisotopic (exact) mass is 407 g/mol. The second kappa shape index (κ2) is 7.43. The molecule has 1 saturated carbocycles. The van der Waals surface area contributed by atoms with Crippen LogP contribution >= 0.6 is 0 Å².